The molecule has 0 radical (unpaired) electrons. The van der Waals surface area contributed by atoms with Gasteiger partial charge in [-0.1, -0.05) is 30.4 Å². The van der Waals surface area contributed by atoms with Gasteiger partial charge in [0.2, 0.25) is 0 Å². The first-order chi connectivity index (χ1) is 9.75. The molecule has 0 atom stereocenters. The van der Waals surface area contributed by atoms with E-state index in [4.69, 9.17) is 18.0 Å². The van der Waals surface area contributed by atoms with Crippen molar-refractivity contribution in [3.05, 3.63) is 60.4 Å². The smallest absolute Gasteiger partial charge is 0.140 e. The fourth-order valence-electron chi connectivity index (χ4n) is 2.04. The van der Waals surface area contributed by atoms with Gasteiger partial charge in [-0.05, 0) is 24.3 Å². The van der Waals surface area contributed by atoms with Crippen LogP contribution in [0, 0.1) is 0 Å². The lowest BCUT2D eigenvalue weighted by Crippen LogP contribution is -2.12. The summed E-state index contributed by atoms with van der Waals surface area (Å²) in [7, 11) is 0. The molecular formula is C15H12N4S. The summed E-state index contributed by atoms with van der Waals surface area (Å²) in [4.78, 5) is 9.01. The number of anilines is 2. The van der Waals surface area contributed by atoms with E-state index in [-0.39, 0.29) is 0 Å². The minimum Gasteiger partial charge on any atom is -0.389 e. The predicted molar refractivity (Wildman–Crippen MR) is 85.2 cm³/mol. The second-order valence-corrected chi connectivity index (χ2v) is 4.71. The molecule has 0 aliphatic heterocycles. The minimum absolute atomic E-state index is 0.314. The van der Waals surface area contributed by atoms with E-state index in [1.165, 1.54) is 0 Å². The molecule has 3 N–H and O–H groups in total. The lowest BCUT2D eigenvalue weighted by molar-refractivity contribution is 1.29. The quantitative estimate of drug-likeness (QED) is 0.722. The zero-order valence-electron chi connectivity index (χ0n) is 10.6. The van der Waals surface area contributed by atoms with Crippen LogP contribution in [0.25, 0.3) is 10.9 Å². The molecule has 0 unspecified atom stereocenters. The van der Waals surface area contributed by atoms with E-state index in [0.717, 1.165) is 22.2 Å². The van der Waals surface area contributed by atoms with Gasteiger partial charge >= 0.3 is 0 Å². The van der Waals surface area contributed by atoms with E-state index >= 15 is 0 Å². The molecule has 3 aromatic rings. The Morgan fingerprint density at radius 2 is 1.75 bits per heavy atom. The van der Waals surface area contributed by atoms with Crippen molar-refractivity contribution in [1.82, 2.24) is 9.97 Å². The molecule has 0 aliphatic carbocycles. The van der Waals surface area contributed by atoms with Crippen molar-refractivity contribution in [3.8, 4) is 0 Å². The van der Waals surface area contributed by atoms with Gasteiger partial charge in [0.05, 0.1) is 16.8 Å². The molecule has 0 spiro atoms. The number of para-hydroxylation sites is 1. The van der Waals surface area contributed by atoms with Gasteiger partial charge in [0, 0.05) is 17.8 Å². The standard InChI is InChI=1S/C15H12N4S/c16-14(20)11-6-3-9-18-15(11)19-12-7-1-4-10-5-2-8-17-13(10)12/h1-9H,(H2,16,20)(H,18,19). The molecular weight excluding hydrogens is 268 g/mol. The highest BCUT2D eigenvalue weighted by Gasteiger charge is 2.08. The van der Waals surface area contributed by atoms with Crippen LogP contribution in [0.3, 0.4) is 0 Å². The Balaban J connectivity index is 2.08. The molecule has 20 heavy (non-hydrogen) atoms. The maximum atomic E-state index is 5.72. The van der Waals surface area contributed by atoms with Crippen LogP contribution in [0.5, 0.6) is 0 Å². The summed E-state index contributed by atoms with van der Waals surface area (Å²) in [5, 5.41) is 4.32. The van der Waals surface area contributed by atoms with Crippen LogP contribution in [0.15, 0.2) is 54.9 Å². The number of hydrogen-bond donors (Lipinski definition) is 2. The van der Waals surface area contributed by atoms with Crippen LogP contribution in [0.4, 0.5) is 11.5 Å². The van der Waals surface area contributed by atoms with E-state index in [1.54, 1.807) is 18.5 Å². The van der Waals surface area contributed by atoms with Gasteiger partial charge in [-0.25, -0.2) is 4.98 Å². The van der Waals surface area contributed by atoms with Crippen molar-refractivity contribution in [1.29, 1.82) is 0 Å². The SMILES string of the molecule is NC(=S)c1cccnc1Nc1cccc2cccnc12. The van der Waals surface area contributed by atoms with Crippen LogP contribution in [-0.2, 0) is 0 Å². The Kier molecular flexibility index (Phi) is 3.26. The maximum Gasteiger partial charge on any atom is 0.140 e. The summed E-state index contributed by atoms with van der Waals surface area (Å²) in [6.07, 6.45) is 3.46. The van der Waals surface area contributed by atoms with Crippen LogP contribution < -0.4 is 11.1 Å². The fraction of sp³-hybridized carbons (Fsp3) is 0. The highest BCUT2D eigenvalue weighted by molar-refractivity contribution is 7.80. The third-order valence-corrected chi connectivity index (χ3v) is 3.18. The van der Waals surface area contributed by atoms with Crippen LogP contribution in [0.2, 0.25) is 0 Å². The topological polar surface area (TPSA) is 63.8 Å². The molecule has 0 bridgehead atoms. The molecule has 4 nitrogen and oxygen atoms in total. The van der Waals surface area contributed by atoms with Crippen LogP contribution in [0.1, 0.15) is 5.56 Å². The van der Waals surface area contributed by atoms with Gasteiger partial charge in [0.15, 0.2) is 0 Å². The van der Waals surface area contributed by atoms with E-state index in [2.05, 4.69) is 15.3 Å². The van der Waals surface area contributed by atoms with Crippen LogP contribution in [-0.4, -0.2) is 15.0 Å². The van der Waals surface area contributed by atoms with Crippen molar-refractivity contribution >= 4 is 39.6 Å². The number of pyridine rings is 2. The van der Waals surface area contributed by atoms with Crippen molar-refractivity contribution in [3.63, 3.8) is 0 Å². The third kappa shape index (κ3) is 2.31. The molecule has 5 heteroatoms. The second kappa shape index (κ2) is 5.22. The van der Waals surface area contributed by atoms with Crippen molar-refractivity contribution in [2.75, 3.05) is 5.32 Å². The first-order valence-electron chi connectivity index (χ1n) is 6.11. The molecule has 0 aliphatic rings. The number of rotatable bonds is 3. The van der Waals surface area contributed by atoms with E-state index < -0.39 is 0 Å². The molecule has 1 aromatic carbocycles. The molecule has 0 saturated carbocycles. The van der Waals surface area contributed by atoms with Gasteiger partial charge in [-0.3, -0.25) is 4.98 Å². The fourth-order valence-corrected chi connectivity index (χ4v) is 2.20. The van der Waals surface area contributed by atoms with Crippen LogP contribution >= 0.6 is 12.2 Å². The number of fused-ring (bicyclic) bond motifs is 1. The summed E-state index contributed by atoms with van der Waals surface area (Å²) >= 11 is 5.04. The second-order valence-electron chi connectivity index (χ2n) is 4.27. The van der Waals surface area contributed by atoms with Gasteiger partial charge in [0.25, 0.3) is 0 Å². The molecule has 0 saturated heterocycles. The molecule has 2 aromatic heterocycles. The number of nitrogens with one attached hydrogen (secondary N) is 1. The van der Waals surface area contributed by atoms with Crippen molar-refractivity contribution < 1.29 is 0 Å². The summed E-state index contributed by atoms with van der Waals surface area (Å²) in [6, 6.07) is 13.5. The van der Waals surface area contributed by atoms with Gasteiger partial charge in [-0.2, -0.15) is 0 Å². The summed E-state index contributed by atoms with van der Waals surface area (Å²) in [5.74, 6) is 0.637. The number of nitrogens with two attached hydrogens (primary N) is 1. The average Bonchev–Trinajstić information content (AvgIpc) is 2.48. The maximum absolute atomic E-state index is 5.72. The number of nitrogens with zero attached hydrogens (tertiary/aromatic N) is 2. The average molecular weight is 280 g/mol. The third-order valence-electron chi connectivity index (χ3n) is 2.96. The first-order valence-corrected chi connectivity index (χ1v) is 6.52. The van der Waals surface area contributed by atoms with Crippen molar-refractivity contribution in [2.45, 2.75) is 0 Å². The Labute approximate surface area is 121 Å². The minimum atomic E-state index is 0.314. The summed E-state index contributed by atoms with van der Waals surface area (Å²) in [5.41, 5.74) is 8.19. The molecule has 0 fully saturated rings. The predicted octanol–water partition coefficient (Wildman–Crippen LogP) is 3.01. The number of thiocarbonyl (C=S) groups is 1. The molecule has 3 rings (SSSR count). The summed E-state index contributed by atoms with van der Waals surface area (Å²) in [6.45, 7) is 0. The van der Waals surface area contributed by atoms with E-state index in [1.807, 2.05) is 36.4 Å². The monoisotopic (exact) mass is 280 g/mol. The highest BCUT2D eigenvalue weighted by Crippen LogP contribution is 2.25. The molecule has 2 heterocycles. The van der Waals surface area contributed by atoms with Gasteiger partial charge in [0.1, 0.15) is 10.8 Å². The highest BCUT2D eigenvalue weighted by atomic mass is 32.1. The van der Waals surface area contributed by atoms with Crippen molar-refractivity contribution in [2.24, 2.45) is 5.73 Å². The van der Waals surface area contributed by atoms with Gasteiger partial charge in [-0.15, -0.1) is 0 Å². The molecule has 98 valence electrons. The Morgan fingerprint density at radius 1 is 1.00 bits per heavy atom. The van der Waals surface area contributed by atoms with Gasteiger partial charge < -0.3 is 11.1 Å². The number of benzene rings is 1. The largest absolute Gasteiger partial charge is 0.389 e. The Hall–Kier alpha value is -2.53. The lowest BCUT2D eigenvalue weighted by atomic mass is 10.2. The van der Waals surface area contributed by atoms with E-state index in [0.29, 0.717) is 10.8 Å². The zero-order chi connectivity index (χ0) is 13.9. The summed E-state index contributed by atoms with van der Waals surface area (Å²) < 4.78 is 0. The molecule has 0 amide bonds. The number of aromatic nitrogens is 2. The zero-order valence-corrected chi connectivity index (χ0v) is 11.4. The lowest BCUT2D eigenvalue weighted by Gasteiger charge is -2.11. The first kappa shape index (κ1) is 12.5. The Bertz CT molecular complexity index is 780. The van der Waals surface area contributed by atoms with E-state index in [9.17, 15) is 0 Å². The Morgan fingerprint density at radius 3 is 2.60 bits per heavy atom. The number of hydrogen-bond acceptors (Lipinski definition) is 4. The normalized spacial score (nSPS) is 10.4.